The number of halogens is 1. The van der Waals surface area contributed by atoms with Crippen LogP contribution < -0.4 is 30.4 Å². The lowest BCUT2D eigenvalue weighted by atomic mass is 10.1. The predicted octanol–water partition coefficient (Wildman–Crippen LogP) is 2.78. The highest BCUT2D eigenvalue weighted by Crippen LogP contribution is 2.37. The van der Waals surface area contributed by atoms with Crippen LogP contribution in [-0.2, 0) is 17.3 Å². The van der Waals surface area contributed by atoms with E-state index in [-0.39, 0.29) is 45.4 Å². The molecule has 0 fully saturated rings. The van der Waals surface area contributed by atoms with Crippen LogP contribution in [0.15, 0.2) is 41.2 Å². The highest BCUT2D eigenvalue weighted by atomic mass is 32.2. The van der Waals surface area contributed by atoms with Crippen LogP contribution in [0.3, 0.4) is 0 Å². The van der Waals surface area contributed by atoms with Gasteiger partial charge in [0.1, 0.15) is 34.6 Å². The lowest BCUT2D eigenvalue weighted by molar-refractivity contribution is 0.0960. The number of ether oxygens (including phenoxy) is 1. The van der Waals surface area contributed by atoms with E-state index in [9.17, 15) is 27.7 Å². The number of amides is 1. The minimum absolute atomic E-state index is 0.0155. The maximum absolute atomic E-state index is 14.6. The zero-order valence-electron chi connectivity index (χ0n) is 20.7. The van der Waals surface area contributed by atoms with E-state index in [0.29, 0.717) is 5.56 Å². The smallest absolute Gasteiger partial charge is 0.298 e. The Labute approximate surface area is 213 Å². The minimum Gasteiger partial charge on any atom is -0.454 e. The summed E-state index contributed by atoms with van der Waals surface area (Å²) in [5.74, 6) is -1.63. The maximum atomic E-state index is 14.6. The molecule has 1 amide bonds. The van der Waals surface area contributed by atoms with Gasteiger partial charge in [0.15, 0.2) is 5.75 Å². The van der Waals surface area contributed by atoms with E-state index in [1.54, 1.807) is 13.0 Å². The van der Waals surface area contributed by atoms with Crippen molar-refractivity contribution in [2.24, 2.45) is 7.05 Å². The van der Waals surface area contributed by atoms with Crippen molar-refractivity contribution in [3.63, 3.8) is 0 Å². The third-order valence-electron chi connectivity index (χ3n) is 5.46. The van der Waals surface area contributed by atoms with Gasteiger partial charge in [-0.05, 0) is 43.7 Å². The van der Waals surface area contributed by atoms with E-state index in [0.717, 1.165) is 4.57 Å². The highest BCUT2D eigenvalue weighted by molar-refractivity contribution is 7.90. The molecule has 0 saturated carbocycles. The summed E-state index contributed by atoms with van der Waals surface area (Å²) in [6.45, 7) is 3.15. The molecule has 0 unspecified atom stereocenters. The van der Waals surface area contributed by atoms with Crippen LogP contribution in [0.1, 0.15) is 27.0 Å². The van der Waals surface area contributed by atoms with E-state index >= 15 is 0 Å². The molecule has 0 spiro atoms. The second kappa shape index (κ2) is 10.7. The van der Waals surface area contributed by atoms with Gasteiger partial charge in [0.05, 0.1) is 16.9 Å². The summed E-state index contributed by atoms with van der Waals surface area (Å²) in [5, 5.41) is 15.0. The number of anilines is 3. The molecule has 11 nitrogen and oxygen atoms in total. The molecule has 0 aliphatic carbocycles. The molecule has 1 aromatic heterocycles. The topological polar surface area (TPSA) is 154 Å². The van der Waals surface area contributed by atoms with Gasteiger partial charge in [-0.25, -0.2) is 9.11 Å². The molecule has 4 N–H and O–H groups in total. The number of carbonyl (C=O) groups is 1. The summed E-state index contributed by atoms with van der Waals surface area (Å²) in [6.07, 6.45) is 0. The third-order valence-corrected chi connectivity index (χ3v) is 6.49. The molecule has 0 radical (unpaired) electrons. The molecule has 3 aromatic rings. The van der Waals surface area contributed by atoms with Gasteiger partial charge in [-0.2, -0.15) is 13.7 Å². The number of nitriles is 1. The minimum atomic E-state index is -3.96. The number of hydrogen-bond donors (Lipinski definition) is 4. The van der Waals surface area contributed by atoms with Gasteiger partial charge in [0, 0.05) is 21.1 Å². The summed E-state index contributed by atoms with van der Waals surface area (Å²) >= 11 is 0. The second-order valence-corrected chi connectivity index (χ2v) is 9.55. The van der Waals surface area contributed by atoms with Crippen molar-refractivity contribution >= 4 is 33.3 Å². The summed E-state index contributed by atoms with van der Waals surface area (Å²) in [6, 6.07) is 10.5. The first kappa shape index (κ1) is 27.2. The van der Waals surface area contributed by atoms with Crippen LogP contribution in [0, 0.1) is 31.0 Å². The van der Waals surface area contributed by atoms with Crippen molar-refractivity contribution in [2.75, 3.05) is 24.1 Å². The van der Waals surface area contributed by atoms with Crippen LogP contribution in [-0.4, -0.2) is 33.0 Å². The second-order valence-electron chi connectivity index (χ2n) is 7.93. The molecule has 13 heteroatoms. The zero-order valence-corrected chi connectivity index (χ0v) is 21.5. The Morgan fingerprint density at radius 2 is 1.84 bits per heavy atom. The van der Waals surface area contributed by atoms with Crippen LogP contribution in [0.5, 0.6) is 11.5 Å². The van der Waals surface area contributed by atoms with Crippen LogP contribution in [0.2, 0.25) is 0 Å². The van der Waals surface area contributed by atoms with Gasteiger partial charge in [-0.1, -0.05) is 12.1 Å². The number of nitrogens with zero attached hydrogens (tertiary/aromatic N) is 2. The number of hydrogen-bond acceptors (Lipinski definition) is 7. The zero-order chi connectivity index (χ0) is 27.5. The van der Waals surface area contributed by atoms with E-state index < -0.39 is 27.5 Å². The summed E-state index contributed by atoms with van der Waals surface area (Å²) in [4.78, 5) is 26.1. The fraction of sp³-hybridized carbons (Fsp3) is 0.208. The summed E-state index contributed by atoms with van der Waals surface area (Å²) in [7, 11) is 0.0166. The average Bonchev–Trinajstić information content (AvgIpc) is 2.86. The fourth-order valence-corrected chi connectivity index (χ4v) is 4.06. The Morgan fingerprint density at radius 1 is 1.14 bits per heavy atom. The average molecular weight is 529 g/mol. The lowest BCUT2D eigenvalue weighted by Gasteiger charge is -2.21. The lowest BCUT2D eigenvalue weighted by Crippen LogP contribution is -2.29. The summed E-state index contributed by atoms with van der Waals surface area (Å²) < 4.78 is 50.0. The number of carbonyl (C=O) groups excluding carboxylic acids is 1. The first-order chi connectivity index (χ1) is 17.4. The van der Waals surface area contributed by atoms with Gasteiger partial charge in [0.25, 0.3) is 21.7 Å². The molecule has 3 rings (SSSR count). The molecule has 0 aliphatic rings. The number of nitrogens with one attached hydrogen (secondary N) is 4. The Bertz CT molecular complexity index is 1590. The molecule has 0 bridgehead atoms. The largest absolute Gasteiger partial charge is 0.454 e. The van der Waals surface area contributed by atoms with Crippen LogP contribution in [0.4, 0.5) is 21.6 Å². The van der Waals surface area contributed by atoms with Gasteiger partial charge in [-0.15, -0.1) is 0 Å². The standard InChI is InChI=1S/C24H25FN6O5S/c1-13-9-10-18(16(25)11-13)29-22-20(23(32)27-3)21(14(2)24(33)31(22)5)36-19-8-6-7-17(15(19)12-26)30-37(34,35)28-4/h6-11,28-30H,1-5H3,(H,27,32). The predicted molar refractivity (Wildman–Crippen MR) is 137 cm³/mol. The molecule has 194 valence electrons. The van der Waals surface area contributed by atoms with Crippen molar-refractivity contribution in [3.05, 3.63) is 74.8 Å². The first-order valence-electron chi connectivity index (χ1n) is 10.8. The first-order valence-corrected chi connectivity index (χ1v) is 12.3. The fourth-order valence-electron chi connectivity index (χ4n) is 3.49. The van der Waals surface area contributed by atoms with Crippen molar-refractivity contribution in [1.29, 1.82) is 5.26 Å². The molecule has 0 saturated heterocycles. The maximum Gasteiger partial charge on any atom is 0.298 e. The summed E-state index contributed by atoms with van der Waals surface area (Å²) in [5.41, 5.74) is -0.242. The molecule has 37 heavy (non-hydrogen) atoms. The van der Waals surface area contributed by atoms with Crippen molar-refractivity contribution < 1.29 is 22.3 Å². The van der Waals surface area contributed by atoms with Gasteiger partial charge in [-0.3, -0.25) is 18.9 Å². The molecule has 2 aromatic carbocycles. The monoisotopic (exact) mass is 528 g/mol. The van der Waals surface area contributed by atoms with Crippen molar-refractivity contribution in [1.82, 2.24) is 14.6 Å². The highest BCUT2D eigenvalue weighted by Gasteiger charge is 2.27. The number of benzene rings is 2. The van der Waals surface area contributed by atoms with E-state index in [2.05, 4.69) is 20.1 Å². The van der Waals surface area contributed by atoms with E-state index in [1.807, 2.05) is 6.07 Å². The van der Waals surface area contributed by atoms with Crippen molar-refractivity contribution in [2.45, 2.75) is 13.8 Å². The SMILES string of the molecule is CNC(=O)c1c(Oc2cccc(NS(=O)(=O)NC)c2C#N)c(C)c(=O)n(C)c1Nc1ccc(C)cc1F. The van der Waals surface area contributed by atoms with Crippen LogP contribution >= 0.6 is 0 Å². The Morgan fingerprint density at radius 3 is 2.43 bits per heavy atom. The number of aryl methyl sites for hydroxylation is 1. The molecule has 1 heterocycles. The Balaban J connectivity index is 2.25. The molecule has 0 atom stereocenters. The van der Waals surface area contributed by atoms with Crippen LogP contribution in [0.25, 0.3) is 0 Å². The number of aromatic nitrogens is 1. The number of pyridine rings is 1. The Hall–Kier alpha value is -4.41. The normalized spacial score (nSPS) is 10.9. The third kappa shape index (κ3) is 5.55. The molecular weight excluding hydrogens is 503 g/mol. The van der Waals surface area contributed by atoms with E-state index in [1.165, 1.54) is 58.4 Å². The Kier molecular flexibility index (Phi) is 7.85. The quantitative estimate of drug-likeness (QED) is 0.350. The van der Waals surface area contributed by atoms with E-state index in [4.69, 9.17) is 4.74 Å². The van der Waals surface area contributed by atoms with Gasteiger partial charge < -0.3 is 15.4 Å². The number of rotatable bonds is 8. The van der Waals surface area contributed by atoms with Crippen molar-refractivity contribution in [3.8, 4) is 17.6 Å². The molecule has 0 aliphatic heterocycles. The molecular formula is C24H25FN6O5S. The van der Waals surface area contributed by atoms with Gasteiger partial charge >= 0.3 is 0 Å². The van der Waals surface area contributed by atoms with Gasteiger partial charge in [0.2, 0.25) is 0 Å².